The highest BCUT2D eigenvalue weighted by molar-refractivity contribution is 6.30. The van der Waals surface area contributed by atoms with E-state index >= 15 is 0 Å². The lowest BCUT2D eigenvalue weighted by molar-refractivity contribution is -0.0792. The van der Waals surface area contributed by atoms with Crippen LogP contribution in [0, 0.1) is 0 Å². The van der Waals surface area contributed by atoms with Gasteiger partial charge in [0.2, 0.25) is 5.78 Å². The summed E-state index contributed by atoms with van der Waals surface area (Å²) in [5.74, 6) is -5.39. The van der Waals surface area contributed by atoms with Crippen LogP contribution in [0.4, 0.5) is 8.78 Å². The molecule has 0 aromatic heterocycles. The molecule has 0 unspecified atom stereocenters. The number of hydrogen-bond donors (Lipinski definition) is 1. The molecule has 2 nitrogen and oxygen atoms in total. The van der Waals surface area contributed by atoms with Crippen molar-refractivity contribution in [1.29, 1.82) is 0 Å². The molecule has 24 heavy (non-hydrogen) atoms. The van der Waals surface area contributed by atoms with Gasteiger partial charge in [0.25, 0.3) is 0 Å². The third-order valence-corrected chi connectivity index (χ3v) is 4.09. The van der Waals surface area contributed by atoms with Crippen LogP contribution in [0.1, 0.15) is 22.0 Å². The molecule has 0 spiro atoms. The van der Waals surface area contributed by atoms with Gasteiger partial charge in [0.1, 0.15) is 0 Å². The van der Waals surface area contributed by atoms with E-state index in [1.54, 1.807) is 18.2 Å². The lowest BCUT2D eigenvalue weighted by Crippen LogP contribution is -2.35. The third kappa shape index (κ3) is 3.03. The van der Waals surface area contributed by atoms with Crippen LogP contribution in [-0.4, -0.2) is 16.8 Å². The minimum atomic E-state index is -3.95. The summed E-state index contributed by atoms with van der Waals surface area (Å²) in [4.78, 5) is 12.1. The molecule has 0 bridgehead atoms. The zero-order valence-electron chi connectivity index (χ0n) is 12.4. The normalized spacial score (nSPS) is 13.0. The lowest BCUT2D eigenvalue weighted by Gasteiger charge is -2.22. The summed E-state index contributed by atoms with van der Waals surface area (Å²) in [5, 5.41) is 12.0. The number of fused-ring (bicyclic) bond motifs is 1. The Balaban J connectivity index is 1.94. The largest absolute Gasteiger partial charge is 0.382 e. The Morgan fingerprint density at radius 1 is 0.958 bits per heavy atom. The standard InChI is InChI=1S/C19H13ClF2O2/c20-16-9-7-13(8-10-16)17(23)19(21,22)18(24)15-6-5-12-3-1-2-4-14(12)11-15/h1-11,18,24H/t18-/m1/s1. The van der Waals surface area contributed by atoms with Gasteiger partial charge in [-0.2, -0.15) is 8.78 Å². The fourth-order valence-electron chi connectivity index (χ4n) is 2.51. The molecule has 3 aromatic rings. The maximum Gasteiger partial charge on any atom is 0.339 e. The average molecular weight is 347 g/mol. The molecule has 0 saturated carbocycles. The first-order valence-corrected chi connectivity index (χ1v) is 7.62. The van der Waals surface area contributed by atoms with E-state index in [9.17, 15) is 18.7 Å². The summed E-state index contributed by atoms with van der Waals surface area (Å²) in [6.07, 6.45) is -2.23. The number of hydrogen-bond acceptors (Lipinski definition) is 2. The Morgan fingerprint density at radius 3 is 2.25 bits per heavy atom. The molecule has 1 atom stereocenters. The highest BCUT2D eigenvalue weighted by atomic mass is 35.5. The van der Waals surface area contributed by atoms with Gasteiger partial charge in [0.15, 0.2) is 6.10 Å². The number of aliphatic hydroxyl groups is 1. The second kappa shape index (κ2) is 6.30. The maximum atomic E-state index is 14.5. The Bertz CT molecular complexity index is 891. The molecular weight excluding hydrogens is 334 g/mol. The quantitative estimate of drug-likeness (QED) is 0.671. The van der Waals surface area contributed by atoms with Gasteiger partial charge in [-0.05, 0) is 46.7 Å². The average Bonchev–Trinajstić information content (AvgIpc) is 2.60. The second-order valence-electron chi connectivity index (χ2n) is 5.47. The number of carbonyl (C=O) groups excluding carboxylic acids is 1. The van der Waals surface area contributed by atoms with Crippen LogP contribution in [0.15, 0.2) is 66.7 Å². The number of halogens is 3. The number of aliphatic hydroxyl groups excluding tert-OH is 1. The summed E-state index contributed by atoms with van der Waals surface area (Å²) < 4.78 is 28.9. The van der Waals surface area contributed by atoms with Crippen molar-refractivity contribution in [1.82, 2.24) is 0 Å². The van der Waals surface area contributed by atoms with Gasteiger partial charge in [-0.15, -0.1) is 0 Å². The van der Waals surface area contributed by atoms with Crippen molar-refractivity contribution < 1.29 is 18.7 Å². The first kappa shape index (κ1) is 16.6. The van der Waals surface area contributed by atoms with Gasteiger partial charge in [-0.3, -0.25) is 4.79 Å². The molecule has 0 aliphatic heterocycles. The van der Waals surface area contributed by atoms with E-state index < -0.39 is 17.8 Å². The molecule has 0 amide bonds. The van der Waals surface area contributed by atoms with E-state index in [0.29, 0.717) is 10.4 Å². The van der Waals surface area contributed by atoms with Crippen molar-refractivity contribution in [3.8, 4) is 0 Å². The molecule has 0 aliphatic rings. The van der Waals surface area contributed by atoms with Crippen LogP contribution in [-0.2, 0) is 0 Å². The summed E-state index contributed by atoms with van der Waals surface area (Å²) >= 11 is 5.70. The number of Topliss-reactive ketones (excluding diaryl/α,β-unsaturated/α-hetero) is 1. The first-order chi connectivity index (χ1) is 11.4. The number of rotatable bonds is 4. The van der Waals surface area contributed by atoms with Crippen molar-refractivity contribution in [2.45, 2.75) is 12.0 Å². The number of benzene rings is 3. The zero-order valence-corrected chi connectivity index (χ0v) is 13.2. The van der Waals surface area contributed by atoms with E-state index in [1.807, 2.05) is 12.1 Å². The van der Waals surface area contributed by atoms with Gasteiger partial charge in [-0.25, -0.2) is 0 Å². The van der Waals surface area contributed by atoms with E-state index in [0.717, 1.165) is 5.39 Å². The van der Waals surface area contributed by atoms with Gasteiger partial charge < -0.3 is 5.11 Å². The Hall–Kier alpha value is -2.30. The predicted octanol–water partition coefficient (Wildman–Crippen LogP) is 5.04. The van der Waals surface area contributed by atoms with Crippen LogP contribution in [0.5, 0.6) is 0 Å². The molecular formula is C19H13ClF2O2. The predicted molar refractivity (Wildman–Crippen MR) is 89.6 cm³/mol. The van der Waals surface area contributed by atoms with Crippen molar-refractivity contribution in [3.63, 3.8) is 0 Å². The fraction of sp³-hybridized carbons (Fsp3) is 0.105. The summed E-state index contributed by atoms with van der Waals surface area (Å²) in [6, 6.07) is 16.8. The van der Waals surface area contributed by atoms with E-state index in [4.69, 9.17) is 11.6 Å². The molecule has 3 aromatic carbocycles. The maximum absolute atomic E-state index is 14.5. The van der Waals surface area contributed by atoms with Crippen LogP contribution < -0.4 is 0 Å². The highest BCUT2D eigenvalue weighted by Crippen LogP contribution is 2.35. The van der Waals surface area contributed by atoms with Crippen molar-refractivity contribution in [3.05, 3.63) is 82.9 Å². The minimum absolute atomic E-state index is 0.0130. The number of alkyl halides is 2. The smallest absolute Gasteiger partial charge is 0.339 e. The van der Waals surface area contributed by atoms with Crippen molar-refractivity contribution >= 4 is 28.2 Å². The first-order valence-electron chi connectivity index (χ1n) is 7.24. The van der Waals surface area contributed by atoms with E-state index in [-0.39, 0.29) is 11.1 Å². The van der Waals surface area contributed by atoms with E-state index in [2.05, 4.69) is 0 Å². The molecule has 0 saturated heterocycles. The fourth-order valence-corrected chi connectivity index (χ4v) is 2.63. The molecule has 5 heteroatoms. The van der Waals surface area contributed by atoms with Crippen LogP contribution in [0.25, 0.3) is 10.8 Å². The van der Waals surface area contributed by atoms with Crippen molar-refractivity contribution in [2.75, 3.05) is 0 Å². The summed E-state index contributed by atoms with van der Waals surface area (Å²) in [7, 11) is 0. The van der Waals surface area contributed by atoms with Gasteiger partial charge in [-0.1, -0.05) is 48.0 Å². The highest BCUT2D eigenvalue weighted by Gasteiger charge is 2.47. The molecule has 3 rings (SSSR count). The minimum Gasteiger partial charge on any atom is -0.382 e. The zero-order chi connectivity index (χ0) is 17.3. The molecule has 122 valence electrons. The van der Waals surface area contributed by atoms with Gasteiger partial charge in [0, 0.05) is 10.6 Å². The molecule has 0 radical (unpaired) electrons. The number of carbonyl (C=O) groups is 1. The molecule has 1 N–H and O–H groups in total. The van der Waals surface area contributed by atoms with Gasteiger partial charge in [0.05, 0.1) is 0 Å². The Labute approximate surface area is 142 Å². The van der Waals surface area contributed by atoms with Crippen LogP contribution in [0.2, 0.25) is 5.02 Å². The lowest BCUT2D eigenvalue weighted by atomic mass is 9.95. The van der Waals surface area contributed by atoms with Gasteiger partial charge >= 0.3 is 5.92 Å². The molecule has 0 heterocycles. The summed E-state index contributed by atoms with van der Waals surface area (Å²) in [6.45, 7) is 0. The Morgan fingerprint density at radius 2 is 1.58 bits per heavy atom. The SMILES string of the molecule is O=C(c1ccc(Cl)cc1)C(F)(F)[C@H](O)c1ccc2ccccc2c1. The van der Waals surface area contributed by atoms with E-state index in [1.165, 1.54) is 36.4 Å². The molecule has 0 fully saturated rings. The Kier molecular flexibility index (Phi) is 4.35. The van der Waals surface area contributed by atoms with Crippen molar-refractivity contribution in [2.24, 2.45) is 0 Å². The summed E-state index contributed by atoms with van der Waals surface area (Å²) in [5.41, 5.74) is -0.217. The second-order valence-corrected chi connectivity index (χ2v) is 5.90. The number of ketones is 1. The molecule has 0 aliphatic carbocycles. The third-order valence-electron chi connectivity index (χ3n) is 3.84. The van der Waals surface area contributed by atoms with Crippen LogP contribution in [0.3, 0.4) is 0 Å². The monoisotopic (exact) mass is 346 g/mol. The topological polar surface area (TPSA) is 37.3 Å². The van der Waals surface area contributed by atoms with Crippen LogP contribution >= 0.6 is 11.6 Å².